The molecule has 1 aromatic heterocycles. The summed E-state index contributed by atoms with van der Waals surface area (Å²) in [5.74, 6) is 0. The van der Waals surface area contributed by atoms with Gasteiger partial charge in [0.05, 0.1) is 6.33 Å². The summed E-state index contributed by atoms with van der Waals surface area (Å²) < 4.78 is 0. The largest absolute Gasteiger partial charge is 0.351 e. The standard InChI is InChI=1S/C3H4N2.H3P.W/c1-2-5-3-4-1;;/h1-3H,(H,4,5);1H3;. The molecule has 0 aliphatic carbocycles. The van der Waals surface area contributed by atoms with Gasteiger partial charge in [0, 0.05) is 33.5 Å². The summed E-state index contributed by atoms with van der Waals surface area (Å²) in [7, 11) is 0. The third-order valence-corrected chi connectivity index (χ3v) is 0.406. The van der Waals surface area contributed by atoms with E-state index in [1.54, 1.807) is 18.7 Å². The molecule has 1 N–H and O–H groups in total. The first-order valence-corrected chi connectivity index (χ1v) is 1.43. The number of hydrogen-bond acceptors (Lipinski definition) is 1. The summed E-state index contributed by atoms with van der Waals surface area (Å²) in [6.07, 6.45) is 5.08. The van der Waals surface area contributed by atoms with Crippen molar-refractivity contribution in [1.82, 2.24) is 9.97 Å². The predicted octanol–water partition coefficient (Wildman–Crippen LogP) is 0.465. The second kappa shape index (κ2) is 6.33. The van der Waals surface area contributed by atoms with Crippen LogP contribution in [-0.2, 0) is 21.1 Å². The van der Waals surface area contributed by atoms with Gasteiger partial charge in [-0.3, -0.25) is 0 Å². The van der Waals surface area contributed by atoms with Crippen LogP contribution in [0.25, 0.3) is 0 Å². The van der Waals surface area contributed by atoms with Crippen LogP contribution in [0.1, 0.15) is 0 Å². The summed E-state index contributed by atoms with van der Waals surface area (Å²) in [4.78, 5) is 6.42. The van der Waals surface area contributed by atoms with Crippen LogP contribution in [0.15, 0.2) is 18.7 Å². The third-order valence-electron chi connectivity index (χ3n) is 0.406. The minimum atomic E-state index is 0. The van der Waals surface area contributed by atoms with Crippen LogP contribution in [0.4, 0.5) is 0 Å². The van der Waals surface area contributed by atoms with Gasteiger partial charge in [-0.1, -0.05) is 0 Å². The topological polar surface area (TPSA) is 28.7 Å². The Kier molecular flexibility index (Phi) is 9.35. The average molecular weight is 286 g/mol. The Morgan fingerprint density at radius 3 is 2.29 bits per heavy atom. The van der Waals surface area contributed by atoms with Gasteiger partial charge < -0.3 is 4.98 Å². The van der Waals surface area contributed by atoms with Crippen molar-refractivity contribution in [3.63, 3.8) is 0 Å². The van der Waals surface area contributed by atoms with Crippen molar-refractivity contribution in [2.45, 2.75) is 0 Å². The van der Waals surface area contributed by atoms with E-state index in [1.807, 2.05) is 0 Å². The third kappa shape index (κ3) is 4.18. The van der Waals surface area contributed by atoms with Crippen molar-refractivity contribution >= 4 is 9.90 Å². The van der Waals surface area contributed by atoms with Crippen molar-refractivity contribution in [2.75, 3.05) is 0 Å². The smallest absolute Gasteiger partial charge is 0.0919 e. The first-order chi connectivity index (χ1) is 2.50. The maximum Gasteiger partial charge on any atom is 0.0919 e. The van der Waals surface area contributed by atoms with E-state index >= 15 is 0 Å². The van der Waals surface area contributed by atoms with Gasteiger partial charge in [-0.2, -0.15) is 9.90 Å². The van der Waals surface area contributed by atoms with E-state index in [9.17, 15) is 0 Å². The van der Waals surface area contributed by atoms with E-state index in [1.165, 1.54) is 0 Å². The Bertz CT molecular complexity index is 69.4. The van der Waals surface area contributed by atoms with Crippen molar-refractivity contribution < 1.29 is 21.1 Å². The molecule has 40 valence electrons. The Labute approximate surface area is 60.0 Å². The molecule has 7 heavy (non-hydrogen) atoms. The molecule has 0 radical (unpaired) electrons. The minimum Gasteiger partial charge on any atom is -0.351 e. The molecular weight excluding hydrogens is 279 g/mol. The second-order valence-electron chi connectivity index (χ2n) is 0.761. The number of nitrogens with zero attached hydrogens (tertiary/aromatic N) is 1. The van der Waals surface area contributed by atoms with Crippen LogP contribution in [0.3, 0.4) is 0 Å². The van der Waals surface area contributed by atoms with Crippen LogP contribution in [-0.4, -0.2) is 9.97 Å². The second-order valence-corrected chi connectivity index (χ2v) is 0.761. The fourth-order valence-electron chi connectivity index (χ4n) is 0.215. The number of H-pyrrole nitrogens is 1. The Morgan fingerprint density at radius 1 is 1.43 bits per heavy atom. The maximum absolute atomic E-state index is 3.67. The van der Waals surface area contributed by atoms with Crippen LogP contribution in [0.2, 0.25) is 0 Å². The quantitative estimate of drug-likeness (QED) is 0.690. The molecular formula is C3H7N2PW. The van der Waals surface area contributed by atoms with Gasteiger partial charge in [-0.05, 0) is 0 Å². The molecule has 0 fully saturated rings. The maximum atomic E-state index is 3.67. The molecule has 1 heterocycles. The molecule has 1 aromatic rings. The Hall–Kier alpha value is 0.328. The van der Waals surface area contributed by atoms with Gasteiger partial charge >= 0.3 is 0 Å². The van der Waals surface area contributed by atoms with E-state index in [0.29, 0.717) is 0 Å². The monoisotopic (exact) mass is 286 g/mol. The molecule has 0 aromatic carbocycles. The van der Waals surface area contributed by atoms with Gasteiger partial charge in [0.25, 0.3) is 0 Å². The number of nitrogens with one attached hydrogen (secondary N) is 1. The van der Waals surface area contributed by atoms with E-state index in [2.05, 4.69) is 9.97 Å². The van der Waals surface area contributed by atoms with E-state index in [4.69, 9.17) is 0 Å². The van der Waals surface area contributed by atoms with Gasteiger partial charge in [-0.15, -0.1) is 0 Å². The first-order valence-electron chi connectivity index (χ1n) is 1.43. The fourth-order valence-corrected chi connectivity index (χ4v) is 0.215. The Morgan fingerprint density at radius 2 is 2.14 bits per heavy atom. The van der Waals surface area contributed by atoms with E-state index in [0.717, 1.165) is 0 Å². The van der Waals surface area contributed by atoms with Crippen LogP contribution < -0.4 is 0 Å². The zero-order valence-electron chi connectivity index (χ0n) is 3.79. The summed E-state index contributed by atoms with van der Waals surface area (Å²) in [6, 6.07) is 0. The van der Waals surface area contributed by atoms with Crippen molar-refractivity contribution in [2.24, 2.45) is 0 Å². The van der Waals surface area contributed by atoms with E-state index in [-0.39, 0.29) is 31.0 Å². The molecule has 1 atom stereocenters. The number of hydrogen-bond donors (Lipinski definition) is 1. The molecule has 0 saturated carbocycles. The van der Waals surface area contributed by atoms with Crippen LogP contribution in [0, 0.1) is 0 Å². The van der Waals surface area contributed by atoms with Gasteiger partial charge in [-0.25, -0.2) is 4.98 Å². The molecule has 0 bridgehead atoms. The molecule has 0 aliphatic rings. The molecule has 0 saturated heterocycles. The number of aromatic amines is 1. The summed E-state index contributed by atoms with van der Waals surface area (Å²) in [6.45, 7) is 0. The van der Waals surface area contributed by atoms with Crippen LogP contribution in [0.5, 0.6) is 0 Å². The number of aromatic nitrogens is 2. The summed E-state index contributed by atoms with van der Waals surface area (Å²) in [5, 5.41) is 0. The van der Waals surface area contributed by atoms with Crippen molar-refractivity contribution in [3.8, 4) is 0 Å². The molecule has 4 heteroatoms. The molecule has 0 aliphatic heterocycles. The SMILES string of the molecule is P.[W].c1c[nH]cn1. The number of imidazole rings is 1. The van der Waals surface area contributed by atoms with Crippen molar-refractivity contribution in [3.05, 3.63) is 18.7 Å². The first kappa shape index (κ1) is 10.3. The van der Waals surface area contributed by atoms with Crippen molar-refractivity contribution in [1.29, 1.82) is 0 Å². The summed E-state index contributed by atoms with van der Waals surface area (Å²) in [5.41, 5.74) is 0. The molecule has 1 rings (SSSR count). The molecule has 1 unspecified atom stereocenters. The van der Waals surface area contributed by atoms with Crippen LogP contribution >= 0.6 is 9.90 Å². The minimum absolute atomic E-state index is 0. The van der Waals surface area contributed by atoms with E-state index < -0.39 is 0 Å². The van der Waals surface area contributed by atoms with Gasteiger partial charge in [0.1, 0.15) is 0 Å². The molecule has 0 amide bonds. The normalized spacial score (nSPS) is 5.71. The Balaban J connectivity index is 0. The summed E-state index contributed by atoms with van der Waals surface area (Å²) >= 11 is 0. The predicted molar refractivity (Wildman–Crippen MR) is 29.7 cm³/mol. The molecule has 0 spiro atoms. The van der Waals surface area contributed by atoms with Gasteiger partial charge in [0.15, 0.2) is 0 Å². The zero-order chi connectivity index (χ0) is 3.54. The fraction of sp³-hybridized carbons (Fsp3) is 0. The zero-order valence-corrected chi connectivity index (χ0v) is 8.14. The number of rotatable bonds is 0. The van der Waals surface area contributed by atoms with Gasteiger partial charge in [0.2, 0.25) is 0 Å². The molecule has 2 nitrogen and oxygen atoms in total. The average Bonchev–Trinajstić information content (AvgIpc) is 1.76.